The highest BCUT2D eigenvalue weighted by molar-refractivity contribution is 6.31. The van der Waals surface area contributed by atoms with Crippen LogP contribution in [0.25, 0.3) is 0 Å². The Morgan fingerprint density at radius 3 is 1.15 bits per heavy atom. The molecule has 2 aliphatic rings. The van der Waals surface area contributed by atoms with Crippen LogP contribution in [0.3, 0.4) is 0 Å². The molecule has 2 saturated heterocycles. The summed E-state index contributed by atoms with van der Waals surface area (Å²) in [6.45, 7) is 6.37. The van der Waals surface area contributed by atoms with Gasteiger partial charge < -0.3 is 20.1 Å². The number of pyridine rings is 2. The maximum Gasteiger partial charge on any atom is 0.224 e. The van der Waals surface area contributed by atoms with Crippen molar-refractivity contribution in [3.8, 4) is 11.5 Å². The number of hydrogen-bond acceptors (Lipinski definition) is 8. The summed E-state index contributed by atoms with van der Waals surface area (Å²) in [6, 6.07) is 40.7. The molecule has 0 spiro atoms. The Balaban J connectivity index is 0.000000196. The lowest BCUT2D eigenvalue weighted by molar-refractivity contribution is -0.127. The average molecular weight is 969 g/mol. The van der Waals surface area contributed by atoms with E-state index in [2.05, 4.69) is 30.4 Å². The molecule has 2 atom stereocenters. The highest BCUT2D eigenvalue weighted by Crippen LogP contribution is 2.27. The van der Waals surface area contributed by atoms with Crippen molar-refractivity contribution in [1.29, 1.82) is 0 Å². The molecule has 4 heterocycles. The Bertz CT molecular complexity index is 2210. The van der Waals surface area contributed by atoms with Crippen molar-refractivity contribution < 1.29 is 19.1 Å². The number of benzene rings is 4. The number of piperidine rings is 2. The van der Waals surface area contributed by atoms with Crippen molar-refractivity contribution >= 4 is 58.2 Å². The second kappa shape index (κ2) is 25.1. The van der Waals surface area contributed by atoms with E-state index in [0.717, 1.165) is 99.0 Å². The predicted molar refractivity (Wildman–Crippen MR) is 264 cm³/mol. The summed E-state index contributed by atoms with van der Waals surface area (Å²) in [5.41, 5.74) is 3.54. The minimum atomic E-state index is -0.304. The van der Waals surface area contributed by atoms with Crippen LogP contribution in [0.1, 0.15) is 60.3 Å². The first-order chi connectivity index (χ1) is 32.2. The molecule has 2 unspecified atom stereocenters. The molecule has 0 radical (unpaired) electrons. The molecule has 2 N–H and O–H groups in total. The molecular weight excluding hydrogens is 914 g/mol. The van der Waals surface area contributed by atoms with Crippen LogP contribution in [0.5, 0.6) is 11.5 Å². The van der Waals surface area contributed by atoms with Crippen molar-refractivity contribution in [3.63, 3.8) is 0 Å². The van der Waals surface area contributed by atoms with Gasteiger partial charge in [0.15, 0.2) is 0 Å². The zero-order valence-corrected chi connectivity index (χ0v) is 39.6. The number of nitrogens with zero attached hydrogens (tertiary/aromatic N) is 4. The van der Waals surface area contributed by atoms with Gasteiger partial charge in [-0.15, -0.1) is 0 Å². The Labute approximate surface area is 407 Å². The normalized spacial score (nSPS) is 15.7. The van der Waals surface area contributed by atoms with Crippen LogP contribution in [0, 0.1) is 11.8 Å². The van der Waals surface area contributed by atoms with Crippen molar-refractivity contribution in [3.05, 3.63) is 188 Å². The number of aromatic nitrogens is 2. The summed E-state index contributed by atoms with van der Waals surface area (Å²) < 4.78 is 11.6. The maximum atomic E-state index is 13.1. The number of carbonyl (C=O) groups is 2. The molecular formula is C52H54Cl4N6O4. The quantitative estimate of drug-likeness (QED) is 0.0987. The number of amides is 2. The lowest BCUT2D eigenvalue weighted by Crippen LogP contribution is -2.42. The Morgan fingerprint density at radius 2 is 0.833 bits per heavy atom. The third kappa shape index (κ3) is 14.9. The molecule has 2 amide bonds. The number of hydrogen-bond donors (Lipinski definition) is 2. The molecule has 2 aliphatic heterocycles. The first-order valence-corrected chi connectivity index (χ1v) is 23.8. The Hall–Kier alpha value is -5.20. The molecule has 6 aromatic rings. The Kier molecular flexibility index (Phi) is 18.5. The smallest absolute Gasteiger partial charge is 0.224 e. The fraction of sp³-hybridized carbons (Fsp3) is 0.308. The summed E-state index contributed by atoms with van der Waals surface area (Å²) in [5, 5.41) is 9.17. The van der Waals surface area contributed by atoms with Gasteiger partial charge in [-0.05, 0) is 160 Å². The molecule has 66 heavy (non-hydrogen) atoms. The average Bonchev–Trinajstić information content (AvgIpc) is 3.35. The zero-order valence-electron chi connectivity index (χ0n) is 36.6. The molecule has 0 bridgehead atoms. The monoisotopic (exact) mass is 966 g/mol. The van der Waals surface area contributed by atoms with E-state index in [-0.39, 0.29) is 35.7 Å². The van der Waals surface area contributed by atoms with Gasteiger partial charge in [0.25, 0.3) is 0 Å². The van der Waals surface area contributed by atoms with Crippen LogP contribution >= 0.6 is 46.4 Å². The largest absolute Gasteiger partial charge is 0.492 e. The van der Waals surface area contributed by atoms with E-state index >= 15 is 0 Å². The van der Waals surface area contributed by atoms with E-state index in [1.165, 1.54) is 0 Å². The van der Waals surface area contributed by atoms with Gasteiger partial charge in [0.2, 0.25) is 11.8 Å². The van der Waals surface area contributed by atoms with Crippen LogP contribution in [0.2, 0.25) is 20.1 Å². The van der Waals surface area contributed by atoms with E-state index < -0.39 is 0 Å². The van der Waals surface area contributed by atoms with Gasteiger partial charge in [0, 0.05) is 57.4 Å². The summed E-state index contributed by atoms with van der Waals surface area (Å²) in [5.74, 6) is 1.73. The second-order valence-corrected chi connectivity index (χ2v) is 18.1. The van der Waals surface area contributed by atoms with Gasteiger partial charge in [-0.25, -0.2) is 0 Å². The minimum absolute atomic E-state index is 0.0167. The molecule has 344 valence electrons. The molecule has 0 aliphatic carbocycles. The summed E-state index contributed by atoms with van der Waals surface area (Å²) in [7, 11) is 0. The first-order valence-electron chi connectivity index (χ1n) is 22.3. The standard InChI is InChI=1S/2C26H27Cl2N3O2/c2*27-21-6-4-19(5-7-21)25(24-3-1-2-14-29-24)30-26(32)20-12-15-31(16-13-20)17-18-33-23-10-8-22(28)9-11-23/h2*1-11,14,20,25H,12-13,15-18H2,(H,30,32). The van der Waals surface area contributed by atoms with Crippen LogP contribution in [0.15, 0.2) is 146 Å². The second-order valence-electron chi connectivity index (χ2n) is 16.3. The lowest BCUT2D eigenvalue weighted by Gasteiger charge is -2.32. The molecule has 0 saturated carbocycles. The third-order valence-electron chi connectivity index (χ3n) is 11.8. The fourth-order valence-electron chi connectivity index (χ4n) is 8.06. The van der Waals surface area contributed by atoms with E-state index in [0.29, 0.717) is 33.3 Å². The molecule has 4 aromatic carbocycles. The zero-order chi connectivity index (χ0) is 46.1. The summed E-state index contributed by atoms with van der Waals surface area (Å²) >= 11 is 23.9. The highest BCUT2D eigenvalue weighted by Gasteiger charge is 2.29. The fourth-order valence-corrected chi connectivity index (χ4v) is 8.57. The Morgan fingerprint density at radius 1 is 0.500 bits per heavy atom. The van der Waals surface area contributed by atoms with Crippen molar-refractivity contribution in [2.45, 2.75) is 37.8 Å². The first kappa shape index (κ1) is 48.7. The summed E-state index contributed by atoms with van der Waals surface area (Å²) in [4.78, 5) is 39.9. The van der Waals surface area contributed by atoms with Crippen LogP contribution in [-0.4, -0.2) is 84.1 Å². The molecule has 14 heteroatoms. The van der Waals surface area contributed by atoms with Gasteiger partial charge in [-0.1, -0.05) is 82.8 Å². The summed E-state index contributed by atoms with van der Waals surface area (Å²) in [6.07, 6.45) is 6.78. The number of halogens is 4. The van der Waals surface area contributed by atoms with Gasteiger partial charge in [0.05, 0.1) is 23.5 Å². The van der Waals surface area contributed by atoms with Crippen molar-refractivity contribution in [1.82, 2.24) is 30.4 Å². The molecule has 2 aromatic heterocycles. The van der Waals surface area contributed by atoms with Gasteiger partial charge in [-0.3, -0.25) is 29.4 Å². The molecule has 8 rings (SSSR count). The molecule has 2 fully saturated rings. The van der Waals surface area contributed by atoms with Crippen molar-refractivity contribution in [2.75, 3.05) is 52.5 Å². The van der Waals surface area contributed by atoms with Crippen LogP contribution in [-0.2, 0) is 9.59 Å². The van der Waals surface area contributed by atoms with E-state index in [1.54, 1.807) is 12.4 Å². The van der Waals surface area contributed by atoms with Gasteiger partial charge in [0.1, 0.15) is 24.7 Å². The van der Waals surface area contributed by atoms with E-state index in [4.69, 9.17) is 55.9 Å². The molecule has 10 nitrogen and oxygen atoms in total. The van der Waals surface area contributed by atoms with Gasteiger partial charge in [-0.2, -0.15) is 0 Å². The number of likely N-dealkylation sites (tertiary alicyclic amines) is 2. The number of ether oxygens (including phenoxy) is 2. The minimum Gasteiger partial charge on any atom is -0.492 e. The predicted octanol–water partition coefficient (Wildman–Crippen LogP) is 10.8. The van der Waals surface area contributed by atoms with E-state index in [1.807, 2.05) is 133 Å². The van der Waals surface area contributed by atoms with Crippen LogP contribution < -0.4 is 20.1 Å². The topological polar surface area (TPSA) is 109 Å². The van der Waals surface area contributed by atoms with Gasteiger partial charge >= 0.3 is 0 Å². The maximum absolute atomic E-state index is 13.1. The van der Waals surface area contributed by atoms with Crippen molar-refractivity contribution in [2.24, 2.45) is 11.8 Å². The van der Waals surface area contributed by atoms with Crippen LogP contribution in [0.4, 0.5) is 0 Å². The lowest BCUT2D eigenvalue weighted by atomic mass is 9.94. The number of nitrogens with one attached hydrogen (secondary N) is 2. The third-order valence-corrected chi connectivity index (χ3v) is 12.9. The SMILES string of the molecule is O=C(NC(c1ccc(Cl)cc1)c1ccccn1)C1CCN(CCOc2ccc(Cl)cc2)CC1.O=C(NC(c1ccc(Cl)cc1)c1ccccn1)C1CCN(CCOc2ccc(Cl)cc2)CC1. The number of rotatable bonds is 16. The number of carbonyl (C=O) groups excluding carboxylic acids is 2. The van der Waals surface area contributed by atoms with E-state index in [9.17, 15) is 9.59 Å². The highest BCUT2D eigenvalue weighted by atomic mass is 35.5.